The SMILES string of the molecule is CC1CCC(NS(=O)(=O)CC(=O)O)CC1. The van der Waals surface area contributed by atoms with Gasteiger partial charge in [-0.15, -0.1) is 0 Å². The average Bonchev–Trinajstić information content (AvgIpc) is 2.06. The zero-order valence-corrected chi connectivity index (χ0v) is 9.59. The van der Waals surface area contributed by atoms with Gasteiger partial charge in [-0.3, -0.25) is 4.79 Å². The first-order valence-electron chi connectivity index (χ1n) is 5.11. The predicted molar refractivity (Wildman–Crippen MR) is 56.0 cm³/mol. The topological polar surface area (TPSA) is 83.5 Å². The summed E-state index contributed by atoms with van der Waals surface area (Å²) in [7, 11) is -3.65. The van der Waals surface area contributed by atoms with Gasteiger partial charge < -0.3 is 5.11 Å². The molecule has 1 aliphatic rings. The molecule has 0 aromatic heterocycles. The van der Waals surface area contributed by atoms with E-state index in [-0.39, 0.29) is 6.04 Å². The molecule has 1 fully saturated rings. The second-order valence-electron chi connectivity index (χ2n) is 4.23. The molecule has 0 aliphatic heterocycles. The number of carboxylic acids is 1. The summed E-state index contributed by atoms with van der Waals surface area (Å²) in [4.78, 5) is 10.3. The minimum Gasteiger partial charge on any atom is -0.480 e. The van der Waals surface area contributed by atoms with Crippen LogP contribution in [0.5, 0.6) is 0 Å². The van der Waals surface area contributed by atoms with Crippen molar-refractivity contribution in [2.45, 2.75) is 38.6 Å². The van der Waals surface area contributed by atoms with Gasteiger partial charge in [-0.2, -0.15) is 0 Å². The molecule has 1 saturated carbocycles. The van der Waals surface area contributed by atoms with Gasteiger partial charge >= 0.3 is 5.97 Å². The minimum atomic E-state index is -3.65. The lowest BCUT2D eigenvalue weighted by atomic mass is 9.88. The molecule has 2 N–H and O–H groups in total. The second-order valence-corrected chi connectivity index (χ2v) is 5.98. The number of hydrogen-bond acceptors (Lipinski definition) is 3. The lowest BCUT2D eigenvalue weighted by Crippen LogP contribution is -2.40. The quantitative estimate of drug-likeness (QED) is 0.746. The van der Waals surface area contributed by atoms with Crippen LogP contribution in [0.15, 0.2) is 0 Å². The lowest BCUT2D eigenvalue weighted by molar-refractivity contribution is -0.134. The highest BCUT2D eigenvalue weighted by Crippen LogP contribution is 2.23. The smallest absolute Gasteiger partial charge is 0.320 e. The van der Waals surface area contributed by atoms with Crippen LogP contribution in [0.3, 0.4) is 0 Å². The molecule has 0 aromatic rings. The molecule has 88 valence electrons. The third-order valence-electron chi connectivity index (χ3n) is 2.68. The van der Waals surface area contributed by atoms with Crippen molar-refractivity contribution in [3.05, 3.63) is 0 Å². The Labute approximate surface area is 89.9 Å². The highest BCUT2D eigenvalue weighted by atomic mass is 32.2. The molecular weight excluding hydrogens is 218 g/mol. The van der Waals surface area contributed by atoms with E-state index in [2.05, 4.69) is 11.6 Å². The molecule has 0 atom stereocenters. The fourth-order valence-electron chi connectivity index (χ4n) is 1.84. The van der Waals surface area contributed by atoms with E-state index in [1.54, 1.807) is 0 Å². The van der Waals surface area contributed by atoms with Crippen LogP contribution in [-0.4, -0.2) is 31.3 Å². The van der Waals surface area contributed by atoms with E-state index in [1.807, 2.05) is 0 Å². The van der Waals surface area contributed by atoms with Gasteiger partial charge in [0.15, 0.2) is 5.75 Å². The zero-order chi connectivity index (χ0) is 11.5. The van der Waals surface area contributed by atoms with Crippen molar-refractivity contribution >= 4 is 16.0 Å². The summed E-state index contributed by atoms with van der Waals surface area (Å²) in [5.74, 6) is -1.50. The summed E-state index contributed by atoms with van der Waals surface area (Å²) < 4.78 is 25.0. The van der Waals surface area contributed by atoms with Crippen LogP contribution < -0.4 is 4.72 Å². The zero-order valence-electron chi connectivity index (χ0n) is 8.77. The van der Waals surface area contributed by atoms with Crippen LogP contribution >= 0.6 is 0 Å². The van der Waals surface area contributed by atoms with Crippen LogP contribution in [0.2, 0.25) is 0 Å². The second kappa shape index (κ2) is 4.94. The molecule has 0 bridgehead atoms. The van der Waals surface area contributed by atoms with E-state index < -0.39 is 21.7 Å². The van der Waals surface area contributed by atoms with Crippen molar-refractivity contribution in [1.82, 2.24) is 4.72 Å². The highest BCUT2D eigenvalue weighted by Gasteiger charge is 2.24. The van der Waals surface area contributed by atoms with Crippen LogP contribution in [0, 0.1) is 5.92 Å². The average molecular weight is 235 g/mol. The molecule has 1 aliphatic carbocycles. The number of rotatable bonds is 4. The van der Waals surface area contributed by atoms with Gasteiger partial charge in [0.2, 0.25) is 10.0 Å². The standard InChI is InChI=1S/C9H17NO4S/c1-7-2-4-8(5-3-7)10-15(13,14)6-9(11)12/h7-8,10H,2-6H2,1H3,(H,11,12). The largest absolute Gasteiger partial charge is 0.480 e. The molecule has 0 radical (unpaired) electrons. The van der Waals surface area contributed by atoms with Crippen molar-refractivity contribution < 1.29 is 18.3 Å². The summed E-state index contributed by atoms with van der Waals surface area (Å²) in [6.45, 7) is 2.14. The number of carboxylic acid groups (broad SMARTS) is 1. The Morgan fingerprint density at radius 3 is 2.33 bits per heavy atom. The van der Waals surface area contributed by atoms with E-state index in [9.17, 15) is 13.2 Å². The molecular formula is C9H17NO4S. The predicted octanol–water partition coefficient (Wildman–Crippen LogP) is 0.569. The van der Waals surface area contributed by atoms with Gasteiger partial charge in [0.1, 0.15) is 0 Å². The van der Waals surface area contributed by atoms with E-state index >= 15 is 0 Å². The van der Waals surface area contributed by atoms with Crippen LogP contribution in [-0.2, 0) is 14.8 Å². The Morgan fingerprint density at radius 2 is 1.87 bits per heavy atom. The summed E-state index contributed by atoms with van der Waals surface area (Å²) in [6.07, 6.45) is 3.61. The van der Waals surface area contributed by atoms with E-state index in [0.717, 1.165) is 25.7 Å². The molecule has 5 nitrogen and oxygen atoms in total. The number of aliphatic carboxylic acids is 1. The maximum absolute atomic E-state index is 11.3. The van der Waals surface area contributed by atoms with Crippen LogP contribution in [0.4, 0.5) is 0 Å². The van der Waals surface area contributed by atoms with Crippen molar-refractivity contribution in [2.75, 3.05) is 5.75 Å². The summed E-state index contributed by atoms with van der Waals surface area (Å²) in [6, 6.07) is -0.0782. The van der Waals surface area contributed by atoms with Crippen LogP contribution in [0.1, 0.15) is 32.6 Å². The monoisotopic (exact) mass is 235 g/mol. The van der Waals surface area contributed by atoms with Gasteiger partial charge in [-0.25, -0.2) is 13.1 Å². The molecule has 0 saturated heterocycles. The molecule has 15 heavy (non-hydrogen) atoms. The third kappa shape index (κ3) is 4.61. The molecule has 6 heteroatoms. The summed E-state index contributed by atoms with van der Waals surface area (Å²) in [5, 5.41) is 8.40. The Morgan fingerprint density at radius 1 is 1.33 bits per heavy atom. The Bertz CT molecular complexity index is 317. The van der Waals surface area contributed by atoms with Gasteiger partial charge in [0.05, 0.1) is 0 Å². The first-order valence-corrected chi connectivity index (χ1v) is 6.76. The van der Waals surface area contributed by atoms with Gasteiger partial charge in [-0.05, 0) is 31.6 Å². The van der Waals surface area contributed by atoms with E-state index in [0.29, 0.717) is 5.92 Å². The van der Waals surface area contributed by atoms with Gasteiger partial charge in [0.25, 0.3) is 0 Å². The Hall–Kier alpha value is -0.620. The Balaban J connectivity index is 2.44. The van der Waals surface area contributed by atoms with Crippen molar-refractivity contribution in [1.29, 1.82) is 0 Å². The van der Waals surface area contributed by atoms with Crippen molar-refractivity contribution in [2.24, 2.45) is 5.92 Å². The number of nitrogens with one attached hydrogen (secondary N) is 1. The van der Waals surface area contributed by atoms with E-state index in [4.69, 9.17) is 5.11 Å². The van der Waals surface area contributed by atoms with Crippen molar-refractivity contribution in [3.63, 3.8) is 0 Å². The lowest BCUT2D eigenvalue weighted by Gasteiger charge is -2.26. The van der Waals surface area contributed by atoms with Gasteiger partial charge in [0, 0.05) is 6.04 Å². The van der Waals surface area contributed by atoms with Crippen molar-refractivity contribution in [3.8, 4) is 0 Å². The third-order valence-corrected chi connectivity index (χ3v) is 4.00. The maximum atomic E-state index is 11.3. The first kappa shape index (κ1) is 12.4. The first-order chi connectivity index (χ1) is 6.89. The molecule has 0 unspecified atom stereocenters. The molecule has 0 amide bonds. The highest BCUT2D eigenvalue weighted by molar-refractivity contribution is 7.90. The normalized spacial score (nSPS) is 27.5. The summed E-state index contributed by atoms with van der Waals surface area (Å²) in [5.41, 5.74) is 0. The summed E-state index contributed by atoms with van der Waals surface area (Å²) >= 11 is 0. The molecule has 0 heterocycles. The number of sulfonamides is 1. The maximum Gasteiger partial charge on any atom is 0.320 e. The Kier molecular flexibility index (Phi) is 4.10. The number of hydrogen-bond donors (Lipinski definition) is 2. The fraction of sp³-hybridized carbons (Fsp3) is 0.889. The molecule has 1 rings (SSSR count). The fourth-order valence-corrected chi connectivity index (χ4v) is 2.99. The molecule has 0 spiro atoms. The minimum absolute atomic E-state index is 0.0782. The van der Waals surface area contributed by atoms with Gasteiger partial charge in [-0.1, -0.05) is 6.92 Å². The number of carbonyl (C=O) groups is 1. The van der Waals surface area contributed by atoms with Crippen LogP contribution in [0.25, 0.3) is 0 Å². The molecule has 0 aromatic carbocycles. The van der Waals surface area contributed by atoms with E-state index in [1.165, 1.54) is 0 Å².